The number of imidazole rings is 1. The molecule has 0 N–H and O–H groups in total. The molecule has 22 heavy (non-hydrogen) atoms. The van der Waals surface area contributed by atoms with Crippen LogP contribution in [0.4, 0.5) is 13.2 Å². The van der Waals surface area contributed by atoms with Gasteiger partial charge < -0.3 is 4.74 Å². The number of hydrogen-bond acceptors (Lipinski definition) is 4. The van der Waals surface area contributed by atoms with Gasteiger partial charge in [0.1, 0.15) is 12.1 Å². The van der Waals surface area contributed by atoms with Gasteiger partial charge in [0.15, 0.2) is 0 Å². The lowest BCUT2D eigenvalue weighted by Crippen LogP contribution is -2.17. The molecular weight excluding hydrogens is 367 g/mol. The number of benzene rings is 1. The monoisotopic (exact) mass is 373 g/mol. The van der Waals surface area contributed by atoms with Crippen molar-refractivity contribution in [1.29, 1.82) is 0 Å². The molecular formula is C12H7BrF3N5O. The van der Waals surface area contributed by atoms with Crippen LogP contribution < -0.4 is 4.74 Å². The Hall–Kier alpha value is -2.36. The molecule has 0 atom stereocenters. The quantitative estimate of drug-likeness (QED) is 0.707. The Balaban J connectivity index is 1.95. The van der Waals surface area contributed by atoms with E-state index in [0.717, 1.165) is 0 Å². The first-order valence-electron chi connectivity index (χ1n) is 5.89. The zero-order chi connectivity index (χ0) is 15.7. The molecule has 0 saturated carbocycles. The topological polar surface area (TPSA) is 57.8 Å². The van der Waals surface area contributed by atoms with E-state index in [9.17, 15) is 13.2 Å². The summed E-state index contributed by atoms with van der Waals surface area (Å²) in [7, 11) is 0. The number of alkyl halides is 3. The highest BCUT2D eigenvalue weighted by atomic mass is 79.9. The molecule has 0 aliphatic carbocycles. The van der Waals surface area contributed by atoms with Gasteiger partial charge in [0.25, 0.3) is 0 Å². The number of halogens is 4. The number of hydrogen-bond donors (Lipinski definition) is 0. The van der Waals surface area contributed by atoms with Gasteiger partial charge in [-0.25, -0.2) is 4.98 Å². The standard InChI is InChI=1S/C12H7BrF3N5O/c13-10-18-11(20-6-5-17-7-20)21(19-10)8-1-3-9(4-2-8)22-12(14,15)16/h1-7H. The van der Waals surface area contributed by atoms with Crippen LogP contribution in [0.5, 0.6) is 5.75 Å². The van der Waals surface area contributed by atoms with Crippen molar-refractivity contribution in [1.82, 2.24) is 24.3 Å². The third-order valence-electron chi connectivity index (χ3n) is 2.61. The number of ether oxygens (including phenoxy) is 1. The van der Waals surface area contributed by atoms with Gasteiger partial charge in [-0.1, -0.05) is 0 Å². The van der Waals surface area contributed by atoms with Crippen LogP contribution in [0, 0.1) is 0 Å². The molecule has 0 saturated heterocycles. The first-order chi connectivity index (χ1) is 10.4. The molecule has 3 aromatic rings. The van der Waals surface area contributed by atoms with E-state index < -0.39 is 6.36 Å². The highest BCUT2D eigenvalue weighted by molar-refractivity contribution is 9.10. The van der Waals surface area contributed by atoms with E-state index in [1.54, 1.807) is 17.0 Å². The lowest BCUT2D eigenvalue weighted by Gasteiger charge is -2.10. The molecule has 0 fully saturated rings. The molecule has 0 amide bonds. The van der Waals surface area contributed by atoms with Gasteiger partial charge >= 0.3 is 6.36 Å². The Morgan fingerprint density at radius 1 is 1.14 bits per heavy atom. The van der Waals surface area contributed by atoms with Crippen LogP contribution in [0.15, 0.2) is 47.7 Å². The molecule has 114 valence electrons. The van der Waals surface area contributed by atoms with Crippen molar-refractivity contribution in [2.24, 2.45) is 0 Å². The maximum Gasteiger partial charge on any atom is 0.573 e. The normalized spacial score (nSPS) is 11.6. The van der Waals surface area contributed by atoms with Crippen molar-refractivity contribution < 1.29 is 17.9 Å². The minimum absolute atomic E-state index is 0.306. The number of rotatable bonds is 3. The van der Waals surface area contributed by atoms with Gasteiger partial charge in [0.05, 0.1) is 5.69 Å². The molecule has 10 heteroatoms. The average molecular weight is 374 g/mol. The Bertz CT molecular complexity index is 767. The summed E-state index contributed by atoms with van der Waals surface area (Å²) in [5.74, 6) is 0.133. The third kappa shape index (κ3) is 3.11. The zero-order valence-corrected chi connectivity index (χ0v) is 12.3. The molecule has 2 heterocycles. The van der Waals surface area contributed by atoms with Crippen LogP contribution in [0.2, 0.25) is 0 Å². The van der Waals surface area contributed by atoms with Gasteiger partial charge in [-0.15, -0.1) is 18.3 Å². The fraction of sp³-hybridized carbons (Fsp3) is 0.0833. The molecule has 0 aliphatic rings. The van der Waals surface area contributed by atoms with Crippen molar-refractivity contribution in [3.05, 3.63) is 47.7 Å². The van der Waals surface area contributed by atoms with Gasteiger partial charge in [-0.05, 0) is 40.2 Å². The Labute approximate surface area is 130 Å². The number of nitrogens with zero attached hydrogens (tertiary/aromatic N) is 5. The van der Waals surface area contributed by atoms with Crippen LogP contribution in [-0.4, -0.2) is 30.7 Å². The smallest absolute Gasteiger partial charge is 0.406 e. The van der Waals surface area contributed by atoms with Crippen molar-refractivity contribution in [2.45, 2.75) is 6.36 Å². The fourth-order valence-electron chi connectivity index (χ4n) is 1.79. The molecule has 0 bridgehead atoms. The minimum atomic E-state index is -4.72. The lowest BCUT2D eigenvalue weighted by molar-refractivity contribution is -0.274. The second kappa shape index (κ2) is 5.44. The first-order valence-corrected chi connectivity index (χ1v) is 6.69. The van der Waals surface area contributed by atoms with Gasteiger partial charge in [0.2, 0.25) is 10.7 Å². The van der Waals surface area contributed by atoms with E-state index in [1.165, 1.54) is 35.3 Å². The highest BCUT2D eigenvalue weighted by Crippen LogP contribution is 2.24. The van der Waals surface area contributed by atoms with E-state index in [0.29, 0.717) is 16.4 Å². The summed E-state index contributed by atoms with van der Waals surface area (Å²) in [4.78, 5) is 8.11. The summed E-state index contributed by atoms with van der Waals surface area (Å²) in [6.07, 6.45) is 0.0646. The van der Waals surface area contributed by atoms with Crippen LogP contribution in [0.3, 0.4) is 0 Å². The van der Waals surface area contributed by atoms with E-state index in [4.69, 9.17) is 0 Å². The summed E-state index contributed by atoms with van der Waals surface area (Å²) >= 11 is 3.17. The summed E-state index contributed by atoms with van der Waals surface area (Å²) in [5, 5.41) is 4.15. The maximum absolute atomic E-state index is 12.2. The maximum atomic E-state index is 12.2. The SMILES string of the molecule is FC(F)(F)Oc1ccc(-n2nc(Br)nc2-n2ccnc2)cc1. The average Bonchev–Trinajstić information content (AvgIpc) is 3.06. The predicted molar refractivity (Wildman–Crippen MR) is 72.9 cm³/mol. The summed E-state index contributed by atoms with van der Waals surface area (Å²) in [6.45, 7) is 0. The van der Waals surface area contributed by atoms with Gasteiger partial charge in [-0.3, -0.25) is 4.57 Å². The molecule has 0 spiro atoms. The van der Waals surface area contributed by atoms with Gasteiger partial charge in [-0.2, -0.15) is 9.67 Å². The lowest BCUT2D eigenvalue weighted by atomic mass is 10.3. The Morgan fingerprint density at radius 2 is 1.86 bits per heavy atom. The zero-order valence-electron chi connectivity index (χ0n) is 10.7. The van der Waals surface area contributed by atoms with E-state index in [-0.39, 0.29) is 5.75 Å². The van der Waals surface area contributed by atoms with Crippen LogP contribution in [0.25, 0.3) is 11.6 Å². The number of aromatic nitrogens is 5. The molecule has 1 aromatic carbocycles. The van der Waals surface area contributed by atoms with Crippen LogP contribution in [0.1, 0.15) is 0 Å². The van der Waals surface area contributed by atoms with Crippen molar-refractivity contribution >= 4 is 15.9 Å². The fourth-order valence-corrected chi connectivity index (χ4v) is 2.10. The molecule has 0 unspecified atom stereocenters. The predicted octanol–water partition coefficient (Wildman–Crippen LogP) is 3.11. The summed E-state index contributed by atoms with van der Waals surface area (Å²) < 4.78 is 43.7. The highest BCUT2D eigenvalue weighted by Gasteiger charge is 2.31. The Morgan fingerprint density at radius 3 is 2.45 bits per heavy atom. The first kappa shape index (κ1) is 14.6. The minimum Gasteiger partial charge on any atom is -0.406 e. The van der Waals surface area contributed by atoms with E-state index in [2.05, 4.69) is 35.7 Å². The van der Waals surface area contributed by atoms with Crippen molar-refractivity contribution in [2.75, 3.05) is 0 Å². The van der Waals surface area contributed by atoms with Crippen molar-refractivity contribution in [3.8, 4) is 17.4 Å². The van der Waals surface area contributed by atoms with Crippen LogP contribution >= 0.6 is 15.9 Å². The molecule has 6 nitrogen and oxygen atoms in total. The van der Waals surface area contributed by atoms with Gasteiger partial charge in [0, 0.05) is 12.4 Å². The van der Waals surface area contributed by atoms with Crippen molar-refractivity contribution in [3.63, 3.8) is 0 Å². The van der Waals surface area contributed by atoms with E-state index in [1.807, 2.05) is 0 Å². The van der Waals surface area contributed by atoms with E-state index >= 15 is 0 Å². The van der Waals surface area contributed by atoms with Crippen LogP contribution in [-0.2, 0) is 0 Å². The molecule has 3 rings (SSSR count). The second-order valence-corrected chi connectivity index (χ2v) is 4.81. The molecule has 0 radical (unpaired) electrons. The molecule has 0 aliphatic heterocycles. The summed E-state index contributed by atoms with van der Waals surface area (Å²) in [5.41, 5.74) is 0.524. The third-order valence-corrected chi connectivity index (χ3v) is 2.95. The Kier molecular flexibility index (Phi) is 3.61. The largest absolute Gasteiger partial charge is 0.573 e. The second-order valence-electron chi connectivity index (χ2n) is 4.10. The summed E-state index contributed by atoms with van der Waals surface area (Å²) in [6, 6.07) is 5.30. The molecule has 2 aromatic heterocycles.